The van der Waals surface area contributed by atoms with E-state index in [-0.39, 0.29) is 5.78 Å². The molecule has 5 N–H and O–H groups in total. The first-order valence-corrected chi connectivity index (χ1v) is 7.49. The quantitative estimate of drug-likeness (QED) is 0.581. The molecule has 6 heteroatoms. The number of nitrogens with two attached hydrogens (primary N) is 2. The van der Waals surface area contributed by atoms with E-state index in [1.807, 2.05) is 24.3 Å². The Balaban J connectivity index is 2.35. The Hall–Kier alpha value is -0.990. The molecule has 1 unspecified atom stereocenters. The molecule has 5 nitrogen and oxygen atoms in total. The van der Waals surface area contributed by atoms with E-state index >= 15 is 0 Å². The van der Waals surface area contributed by atoms with Gasteiger partial charge in [0.25, 0.3) is 0 Å². The van der Waals surface area contributed by atoms with Crippen molar-refractivity contribution in [1.82, 2.24) is 0 Å². The summed E-state index contributed by atoms with van der Waals surface area (Å²) in [6, 6.07) is 6.27. The van der Waals surface area contributed by atoms with Crippen molar-refractivity contribution < 1.29 is 14.7 Å². The third-order valence-electron chi connectivity index (χ3n) is 3.05. The zero-order valence-electron chi connectivity index (χ0n) is 11.1. The predicted molar refractivity (Wildman–Crippen MR) is 85.3 cm³/mol. The maximum Gasteiger partial charge on any atom is 0.320 e. The minimum atomic E-state index is -1.02. The van der Waals surface area contributed by atoms with Crippen LogP contribution in [0.1, 0.15) is 24.8 Å². The number of carbonyl (C=O) groups excluding carboxylic acids is 1. The second-order valence-corrected chi connectivity index (χ2v) is 6.00. The van der Waals surface area contributed by atoms with E-state index in [0.29, 0.717) is 25.7 Å². The van der Waals surface area contributed by atoms with Gasteiger partial charge in [0.1, 0.15) is 6.04 Å². The van der Waals surface area contributed by atoms with Gasteiger partial charge in [0.2, 0.25) is 0 Å². The van der Waals surface area contributed by atoms with E-state index in [4.69, 9.17) is 16.6 Å². The fourth-order valence-electron chi connectivity index (χ4n) is 1.78. The first kappa shape index (κ1) is 17.1. The van der Waals surface area contributed by atoms with Gasteiger partial charge in [-0.25, -0.2) is 0 Å². The number of hydrogen-bond acceptors (Lipinski definition) is 4. The smallest absolute Gasteiger partial charge is 0.320 e. The van der Waals surface area contributed by atoms with Gasteiger partial charge in [0, 0.05) is 9.99 Å². The zero-order chi connectivity index (χ0) is 15.1. The predicted octanol–water partition coefficient (Wildman–Crippen LogP) is 1.31. The van der Waals surface area contributed by atoms with Crippen LogP contribution < -0.4 is 11.5 Å². The van der Waals surface area contributed by atoms with Gasteiger partial charge < -0.3 is 16.6 Å². The third kappa shape index (κ3) is 5.98. The molecule has 0 amide bonds. The number of Topliss-reactive ketones (excluding diaryl/α,β-unsaturated/α-hetero) is 1. The van der Waals surface area contributed by atoms with Crippen LogP contribution in [0, 0.1) is 3.57 Å². The number of carboxylic acids is 1. The van der Waals surface area contributed by atoms with Crippen molar-refractivity contribution in [3.05, 3.63) is 33.4 Å². The van der Waals surface area contributed by atoms with Crippen LogP contribution in [0.5, 0.6) is 0 Å². The van der Waals surface area contributed by atoms with Gasteiger partial charge in [-0.1, -0.05) is 12.1 Å². The molecular formula is C14H19IN2O3. The van der Waals surface area contributed by atoms with Crippen molar-refractivity contribution in [3.8, 4) is 0 Å². The number of hydrogen-bond donors (Lipinski definition) is 3. The van der Waals surface area contributed by atoms with Gasteiger partial charge in [0.15, 0.2) is 5.78 Å². The summed E-state index contributed by atoms with van der Waals surface area (Å²) in [4.78, 5) is 22.5. The first-order valence-electron chi connectivity index (χ1n) is 6.41. The highest BCUT2D eigenvalue weighted by molar-refractivity contribution is 14.1. The Labute approximate surface area is 131 Å². The van der Waals surface area contributed by atoms with Crippen molar-refractivity contribution in [2.45, 2.75) is 37.8 Å². The van der Waals surface area contributed by atoms with Gasteiger partial charge in [-0.05, 0) is 59.5 Å². The topological polar surface area (TPSA) is 106 Å². The van der Waals surface area contributed by atoms with Crippen LogP contribution in [-0.4, -0.2) is 28.9 Å². The van der Waals surface area contributed by atoms with Crippen molar-refractivity contribution in [1.29, 1.82) is 0 Å². The SMILES string of the molecule is NC(CCC[C@H](N)C(=O)O)C(=O)Cc1ccc(I)cc1. The summed E-state index contributed by atoms with van der Waals surface area (Å²) in [5.41, 5.74) is 12.1. The van der Waals surface area contributed by atoms with Crippen LogP contribution in [0.4, 0.5) is 0 Å². The van der Waals surface area contributed by atoms with Crippen molar-refractivity contribution >= 4 is 34.3 Å². The van der Waals surface area contributed by atoms with Gasteiger partial charge >= 0.3 is 5.97 Å². The molecule has 0 aliphatic heterocycles. The summed E-state index contributed by atoms with van der Waals surface area (Å²) >= 11 is 2.20. The fourth-order valence-corrected chi connectivity index (χ4v) is 2.14. The van der Waals surface area contributed by atoms with E-state index in [1.54, 1.807) is 0 Å². The molecule has 0 spiro atoms. The van der Waals surface area contributed by atoms with E-state index in [1.165, 1.54) is 0 Å². The highest BCUT2D eigenvalue weighted by atomic mass is 127. The molecule has 2 atom stereocenters. The van der Waals surface area contributed by atoms with Crippen LogP contribution in [0.25, 0.3) is 0 Å². The summed E-state index contributed by atoms with van der Waals surface area (Å²) in [6.45, 7) is 0. The lowest BCUT2D eigenvalue weighted by molar-refractivity contribution is -0.138. The molecule has 0 bridgehead atoms. The molecule has 110 valence electrons. The molecule has 0 saturated heterocycles. The van der Waals surface area contributed by atoms with Crippen molar-refractivity contribution in [2.75, 3.05) is 0 Å². The molecule has 0 heterocycles. The summed E-state index contributed by atoms with van der Waals surface area (Å²) in [5.74, 6) is -1.06. The number of benzene rings is 1. The minimum absolute atomic E-state index is 0.0323. The van der Waals surface area contributed by atoms with Gasteiger partial charge in [-0.15, -0.1) is 0 Å². The Morgan fingerprint density at radius 3 is 2.20 bits per heavy atom. The van der Waals surface area contributed by atoms with Gasteiger partial charge in [0.05, 0.1) is 6.04 Å². The van der Waals surface area contributed by atoms with Crippen LogP contribution in [-0.2, 0) is 16.0 Å². The average molecular weight is 390 g/mol. The van der Waals surface area contributed by atoms with Crippen molar-refractivity contribution in [2.24, 2.45) is 11.5 Å². The van der Waals surface area contributed by atoms with Crippen LogP contribution >= 0.6 is 22.6 Å². The highest BCUT2D eigenvalue weighted by Gasteiger charge is 2.16. The van der Waals surface area contributed by atoms with Crippen LogP contribution in [0.2, 0.25) is 0 Å². The minimum Gasteiger partial charge on any atom is -0.480 e. The van der Waals surface area contributed by atoms with Crippen LogP contribution in [0.3, 0.4) is 0 Å². The molecule has 1 aromatic carbocycles. The Morgan fingerprint density at radius 2 is 1.65 bits per heavy atom. The molecule has 1 rings (SSSR count). The second kappa shape index (κ2) is 8.33. The molecule has 0 fully saturated rings. The lowest BCUT2D eigenvalue weighted by Crippen LogP contribution is -2.34. The number of carboxylic acid groups (broad SMARTS) is 1. The average Bonchev–Trinajstić information content (AvgIpc) is 2.40. The monoisotopic (exact) mass is 390 g/mol. The maximum absolute atomic E-state index is 11.9. The zero-order valence-corrected chi connectivity index (χ0v) is 13.2. The number of carbonyl (C=O) groups is 2. The molecule has 0 radical (unpaired) electrons. The fraction of sp³-hybridized carbons (Fsp3) is 0.429. The van der Waals surface area contributed by atoms with Crippen molar-refractivity contribution in [3.63, 3.8) is 0 Å². The second-order valence-electron chi connectivity index (χ2n) is 4.75. The lowest BCUT2D eigenvalue weighted by atomic mass is 9.99. The molecule has 1 aromatic rings. The van der Waals surface area contributed by atoms with Gasteiger partial charge in [-0.3, -0.25) is 9.59 Å². The summed E-state index contributed by atoms with van der Waals surface area (Å²) in [5, 5.41) is 8.65. The molecule has 0 saturated carbocycles. The number of halogens is 1. The Bertz CT molecular complexity index is 462. The summed E-state index contributed by atoms with van der Waals surface area (Å²) in [6.07, 6.45) is 1.64. The number of rotatable bonds is 8. The lowest BCUT2D eigenvalue weighted by Gasteiger charge is -2.12. The van der Waals surface area contributed by atoms with E-state index in [2.05, 4.69) is 22.6 Å². The van der Waals surface area contributed by atoms with E-state index < -0.39 is 18.1 Å². The standard InChI is InChI=1S/C14H19IN2O3/c15-10-6-4-9(5-7-10)8-13(18)11(16)2-1-3-12(17)14(19)20/h4-7,11-12H,1-3,8,16-17H2,(H,19,20)/t11?,12-/m0/s1. The normalized spacial score (nSPS) is 13.8. The maximum atomic E-state index is 11.9. The first-order chi connectivity index (χ1) is 9.40. The van der Waals surface area contributed by atoms with E-state index in [9.17, 15) is 9.59 Å². The molecule has 0 aromatic heterocycles. The Kier molecular flexibility index (Phi) is 7.11. The largest absolute Gasteiger partial charge is 0.480 e. The number of aliphatic carboxylic acids is 1. The summed E-state index contributed by atoms with van der Waals surface area (Å²) in [7, 11) is 0. The number of ketones is 1. The van der Waals surface area contributed by atoms with Crippen LogP contribution in [0.15, 0.2) is 24.3 Å². The van der Waals surface area contributed by atoms with E-state index in [0.717, 1.165) is 9.13 Å². The highest BCUT2D eigenvalue weighted by Crippen LogP contribution is 2.10. The third-order valence-corrected chi connectivity index (χ3v) is 3.77. The molecular weight excluding hydrogens is 371 g/mol. The molecule has 0 aliphatic carbocycles. The Morgan fingerprint density at radius 1 is 1.10 bits per heavy atom. The summed E-state index contributed by atoms with van der Waals surface area (Å²) < 4.78 is 1.12. The molecule has 20 heavy (non-hydrogen) atoms. The molecule has 0 aliphatic rings. The van der Waals surface area contributed by atoms with Gasteiger partial charge in [-0.2, -0.15) is 0 Å².